The Balaban J connectivity index is 1.91. The number of nitrogens with zero attached hydrogens (tertiary/aromatic N) is 3. The lowest BCUT2D eigenvalue weighted by Crippen LogP contribution is -2.54. The fourth-order valence-electron chi connectivity index (χ4n) is 1.83. The number of carbonyl (C=O) groups is 1. The number of amides is 1. The Bertz CT molecular complexity index is 516. The molecule has 0 atom stereocenters. The third-order valence-corrected chi connectivity index (χ3v) is 2.95. The average Bonchev–Trinajstić information content (AvgIpc) is 2.34. The summed E-state index contributed by atoms with van der Waals surface area (Å²) in [6.45, 7) is -0.478. The molecule has 0 unspecified atom stereocenters. The van der Waals surface area contributed by atoms with Crippen LogP contribution in [0.5, 0.6) is 0 Å². The topological polar surface area (TPSA) is 58.1 Å². The van der Waals surface area contributed by atoms with Crippen LogP contribution in [0.4, 0.5) is 27.8 Å². The van der Waals surface area contributed by atoms with E-state index in [1.807, 2.05) is 0 Å². The van der Waals surface area contributed by atoms with E-state index in [0.29, 0.717) is 0 Å². The van der Waals surface area contributed by atoms with Gasteiger partial charge in [0.05, 0.1) is 12.5 Å². The van der Waals surface area contributed by atoms with Crippen LogP contribution in [0.25, 0.3) is 0 Å². The van der Waals surface area contributed by atoms with Crippen molar-refractivity contribution in [1.82, 2.24) is 15.3 Å². The molecule has 0 aliphatic carbocycles. The molecule has 2 rings (SSSR count). The summed E-state index contributed by atoms with van der Waals surface area (Å²) in [4.78, 5) is 19.7. The third kappa shape index (κ3) is 3.76. The Hall–Kier alpha value is -2.00. The summed E-state index contributed by atoms with van der Waals surface area (Å²) in [7, 11) is 0. The van der Waals surface area contributed by atoms with E-state index in [9.17, 15) is 26.7 Å². The summed E-state index contributed by atoms with van der Waals surface area (Å²) in [5.74, 6) is -1.03. The van der Waals surface area contributed by atoms with Gasteiger partial charge in [-0.15, -0.1) is 0 Å². The number of alkyl halides is 5. The molecule has 0 radical (unpaired) electrons. The summed E-state index contributed by atoms with van der Waals surface area (Å²) >= 11 is 0. The first-order valence-corrected chi connectivity index (χ1v) is 5.97. The Morgan fingerprint density at radius 3 is 2.62 bits per heavy atom. The van der Waals surface area contributed by atoms with Crippen molar-refractivity contribution < 1.29 is 26.7 Å². The van der Waals surface area contributed by atoms with Gasteiger partial charge < -0.3 is 10.2 Å². The molecule has 1 aromatic heterocycles. The Morgan fingerprint density at radius 2 is 2.05 bits per heavy atom. The van der Waals surface area contributed by atoms with Gasteiger partial charge in [0, 0.05) is 19.2 Å². The second-order valence-corrected chi connectivity index (χ2v) is 4.50. The summed E-state index contributed by atoms with van der Waals surface area (Å²) in [6.07, 6.45) is -6.42. The van der Waals surface area contributed by atoms with Crippen LogP contribution in [0.1, 0.15) is 5.69 Å². The zero-order chi connectivity index (χ0) is 15.6. The zero-order valence-electron chi connectivity index (χ0n) is 10.6. The molecule has 1 saturated heterocycles. The van der Waals surface area contributed by atoms with E-state index >= 15 is 0 Å². The van der Waals surface area contributed by atoms with E-state index in [2.05, 4.69) is 15.3 Å². The van der Waals surface area contributed by atoms with Crippen molar-refractivity contribution in [3.63, 3.8) is 0 Å². The normalized spacial score (nSPS) is 16.0. The van der Waals surface area contributed by atoms with Crippen molar-refractivity contribution in [3.8, 4) is 0 Å². The maximum atomic E-state index is 12.5. The van der Waals surface area contributed by atoms with E-state index in [1.54, 1.807) is 0 Å². The molecule has 1 aromatic rings. The molecule has 1 aliphatic heterocycles. The number of hydrogen-bond donors (Lipinski definition) is 1. The molecule has 21 heavy (non-hydrogen) atoms. The van der Waals surface area contributed by atoms with Gasteiger partial charge in [0.25, 0.3) is 6.43 Å². The van der Waals surface area contributed by atoms with Crippen molar-refractivity contribution in [1.29, 1.82) is 0 Å². The van der Waals surface area contributed by atoms with Crippen molar-refractivity contribution >= 4 is 11.7 Å². The molecular formula is C11H11F5N4O. The van der Waals surface area contributed by atoms with Gasteiger partial charge in [0.15, 0.2) is 0 Å². The molecule has 0 bridgehead atoms. The Labute approximate surface area is 116 Å². The van der Waals surface area contributed by atoms with Crippen LogP contribution < -0.4 is 10.2 Å². The van der Waals surface area contributed by atoms with Crippen LogP contribution in [0.2, 0.25) is 0 Å². The van der Waals surface area contributed by atoms with Crippen molar-refractivity contribution in [3.05, 3.63) is 18.1 Å². The number of nitrogens with one attached hydrogen (secondary N) is 1. The lowest BCUT2D eigenvalue weighted by atomic mass is 9.99. The Morgan fingerprint density at radius 1 is 1.38 bits per heavy atom. The number of aromatic nitrogens is 2. The molecule has 1 fully saturated rings. The standard InChI is InChI=1S/C11H11F5N4O/c12-8(13)2-17-10(21)6-3-20(4-6)9-1-7(11(14,15)16)18-5-19-9/h1,5-6,8H,2-4H2,(H,17,21). The van der Waals surface area contributed by atoms with Crippen LogP contribution >= 0.6 is 0 Å². The van der Waals surface area contributed by atoms with Gasteiger partial charge in [-0.1, -0.05) is 0 Å². The van der Waals surface area contributed by atoms with Gasteiger partial charge in [-0.05, 0) is 0 Å². The summed E-state index contributed by atoms with van der Waals surface area (Å²) in [6, 6.07) is 0.785. The van der Waals surface area contributed by atoms with Crippen LogP contribution in [0.15, 0.2) is 12.4 Å². The number of halogens is 5. The second-order valence-electron chi connectivity index (χ2n) is 4.50. The van der Waals surface area contributed by atoms with E-state index < -0.39 is 36.7 Å². The van der Waals surface area contributed by atoms with E-state index in [1.165, 1.54) is 4.90 Å². The lowest BCUT2D eigenvalue weighted by Gasteiger charge is -2.39. The summed E-state index contributed by atoms with van der Waals surface area (Å²) in [5.41, 5.74) is -1.07. The summed E-state index contributed by atoms with van der Waals surface area (Å²) < 4.78 is 61.3. The molecule has 116 valence electrons. The molecule has 0 aromatic carbocycles. The number of hydrogen-bond acceptors (Lipinski definition) is 4. The fraction of sp³-hybridized carbons (Fsp3) is 0.545. The molecule has 10 heteroatoms. The highest BCUT2D eigenvalue weighted by Crippen LogP contribution is 2.30. The highest BCUT2D eigenvalue weighted by Gasteiger charge is 2.36. The molecule has 1 N–H and O–H groups in total. The first-order valence-electron chi connectivity index (χ1n) is 5.97. The molecule has 1 aliphatic rings. The van der Waals surface area contributed by atoms with Crippen molar-refractivity contribution in [2.24, 2.45) is 5.92 Å². The maximum Gasteiger partial charge on any atom is 0.433 e. The quantitative estimate of drug-likeness (QED) is 0.852. The van der Waals surface area contributed by atoms with Crippen LogP contribution in [0, 0.1) is 5.92 Å². The van der Waals surface area contributed by atoms with Gasteiger partial charge >= 0.3 is 6.18 Å². The number of carbonyl (C=O) groups excluding carboxylic acids is 1. The third-order valence-electron chi connectivity index (χ3n) is 2.95. The van der Waals surface area contributed by atoms with Gasteiger partial charge in [-0.3, -0.25) is 4.79 Å². The van der Waals surface area contributed by atoms with Gasteiger partial charge in [0.1, 0.15) is 17.8 Å². The Kier molecular flexibility index (Phi) is 4.24. The maximum absolute atomic E-state index is 12.5. The first-order chi connectivity index (χ1) is 9.77. The van der Waals surface area contributed by atoms with Crippen LogP contribution in [-0.2, 0) is 11.0 Å². The molecule has 0 saturated carbocycles. The van der Waals surface area contributed by atoms with Crippen molar-refractivity contribution in [2.45, 2.75) is 12.6 Å². The van der Waals surface area contributed by atoms with E-state index in [4.69, 9.17) is 0 Å². The fourth-order valence-corrected chi connectivity index (χ4v) is 1.83. The smallest absolute Gasteiger partial charge is 0.355 e. The second kappa shape index (κ2) is 5.78. The lowest BCUT2D eigenvalue weighted by molar-refractivity contribution is -0.141. The van der Waals surface area contributed by atoms with Crippen LogP contribution in [0.3, 0.4) is 0 Å². The highest BCUT2D eigenvalue weighted by atomic mass is 19.4. The molecule has 2 heterocycles. The predicted molar refractivity (Wildman–Crippen MR) is 61.8 cm³/mol. The zero-order valence-corrected chi connectivity index (χ0v) is 10.6. The minimum atomic E-state index is -4.57. The molecule has 1 amide bonds. The minimum absolute atomic E-state index is 0.0511. The van der Waals surface area contributed by atoms with Gasteiger partial charge in [-0.2, -0.15) is 13.2 Å². The van der Waals surface area contributed by atoms with E-state index in [0.717, 1.165) is 12.4 Å². The number of anilines is 1. The number of rotatable bonds is 4. The van der Waals surface area contributed by atoms with Crippen molar-refractivity contribution in [2.75, 3.05) is 24.5 Å². The molecule has 5 nitrogen and oxygen atoms in total. The summed E-state index contributed by atoms with van der Waals surface area (Å²) in [5, 5.41) is 2.06. The average molecular weight is 310 g/mol. The van der Waals surface area contributed by atoms with Gasteiger partial charge in [0.2, 0.25) is 5.91 Å². The van der Waals surface area contributed by atoms with Crippen LogP contribution in [-0.4, -0.2) is 41.9 Å². The SMILES string of the molecule is O=C(NCC(F)F)C1CN(c2cc(C(F)(F)F)ncn2)C1. The monoisotopic (exact) mass is 310 g/mol. The minimum Gasteiger partial charge on any atom is -0.355 e. The molecular weight excluding hydrogens is 299 g/mol. The largest absolute Gasteiger partial charge is 0.433 e. The highest BCUT2D eigenvalue weighted by molar-refractivity contribution is 5.81. The van der Waals surface area contributed by atoms with Gasteiger partial charge in [-0.25, -0.2) is 18.7 Å². The van der Waals surface area contributed by atoms with E-state index in [-0.39, 0.29) is 18.9 Å². The molecule has 0 spiro atoms. The first kappa shape index (κ1) is 15.4. The predicted octanol–water partition coefficient (Wildman–Crippen LogP) is 1.31.